The molecule has 5 heteroatoms. The molecular weight excluding hydrogens is 368 g/mol. The molecule has 1 unspecified atom stereocenters. The van der Waals surface area contributed by atoms with Crippen LogP contribution in [0.2, 0.25) is 0 Å². The van der Waals surface area contributed by atoms with Crippen molar-refractivity contribution in [1.29, 1.82) is 0 Å². The Kier molecular flexibility index (Phi) is 7.38. The molecule has 144 valence electrons. The lowest BCUT2D eigenvalue weighted by Gasteiger charge is -2.18. The highest BCUT2D eigenvalue weighted by Gasteiger charge is 2.23. The minimum Gasteiger partial charge on any atom is -0.354 e. The van der Waals surface area contributed by atoms with Crippen molar-refractivity contribution in [1.82, 2.24) is 10.6 Å². The summed E-state index contributed by atoms with van der Waals surface area (Å²) in [4.78, 5) is 25.8. The molecule has 0 saturated heterocycles. The molecule has 0 aliphatic heterocycles. The van der Waals surface area contributed by atoms with Crippen molar-refractivity contribution >= 4 is 23.2 Å². The minimum atomic E-state index is -0.704. The van der Waals surface area contributed by atoms with Gasteiger partial charge in [-0.25, -0.2) is 0 Å². The normalized spacial score (nSPS) is 11.6. The Morgan fingerprint density at radius 1 is 0.857 bits per heavy atom. The summed E-state index contributed by atoms with van der Waals surface area (Å²) in [5.41, 5.74) is 2.08. The van der Waals surface area contributed by atoms with Gasteiger partial charge in [0.05, 0.1) is 4.88 Å². The van der Waals surface area contributed by atoms with Crippen LogP contribution in [0.5, 0.6) is 0 Å². The van der Waals surface area contributed by atoms with Gasteiger partial charge < -0.3 is 10.6 Å². The molecule has 4 nitrogen and oxygen atoms in total. The highest BCUT2D eigenvalue weighted by Crippen LogP contribution is 2.16. The predicted molar refractivity (Wildman–Crippen MR) is 113 cm³/mol. The van der Waals surface area contributed by atoms with E-state index in [4.69, 9.17) is 0 Å². The second-order valence-corrected chi connectivity index (χ2v) is 7.48. The van der Waals surface area contributed by atoms with E-state index in [1.165, 1.54) is 16.9 Å². The van der Waals surface area contributed by atoms with Crippen molar-refractivity contribution in [3.63, 3.8) is 0 Å². The number of nitrogens with one attached hydrogen (secondary N) is 2. The van der Waals surface area contributed by atoms with Crippen LogP contribution >= 0.6 is 11.3 Å². The Hall–Kier alpha value is -2.92. The zero-order valence-electron chi connectivity index (χ0n) is 15.6. The van der Waals surface area contributed by atoms with Gasteiger partial charge in [0, 0.05) is 6.54 Å². The lowest BCUT2D eigenvalue weighted by Crippen LogP contribution is -2.40. The fraction of sp³-hybridized carbons (Fsp3) is 0.217. The summed E-state index contributed by atoms with van der Waals surface area (Å²) in [7, 11) is 0. The molecule has 1 atom stereocenters. The summed E-state index contributed by atoms with van der Waals surface area (Å²) in [5.74, 6) is -0.418. The number of thiophene rings is 1. The van der Waals surface area contributed by atoms with Gasteiger partial charge >= 0.3 is 0 Å². The van der Waals surface area contributed by atoms with Crippen molar-refractivity contribution in [3.8, 4) is 0 Å². The van der Waals surface area contributed by atoms with Crippen molar-refractivity contribution < 1.29 is 9.59 Å². The summed E-state index contributed by atoms with van der Waals surface area (Å²) < 4.78 is 0. The Bertz CT molecular complexity index is 864. The van der Waals surface area contributed by atoms with Crippen molar-refractivity contribution in [2.45, 2.75) is 25.3 Å². The highest BCUT2D eigenvalue weighted by molar-refractivity contribution is 7.12. The molecular formula is C23H24N2O2S. The van der Waals surface area contributed by atoms with E-state index < -0.39 is 6.04 Å². The molecule has 0 bridgehead atoms. The SMILES string of the molecule is O=C(NC(C(=O)NCCCCc1ccccc1)c1ccccc1)c1cccs1. The minimum absolute atomic E-state index is 0.184. The number of benzene rings is 2. The molecule has 0 radical (unpaired) electrons. The number of hydrogen-bond acceptors (Lipinski definition) is 3. The van der Waals surface area contributed by atoms with E-state index in [1.807, 2.05) is 60.0 Å². The first-order valence-electron chi connectivity index (χ1n) is 9.45. The average molecular weight is 393 g/mol. The smallest absolute Gasteiger partial charge is 0.262 e. The molecule has 3 rings (SSSR count). The van der Waals surface area contributed by atoms with Crippen LogP contribution in [0.4, 0.5) is 0 Å². The van der Waals surface area contributed by atoms with Crippen LogP contribution in [0.3, 0.4) is 0 Å². The Morgan fingerprint density at radius 3 is 2.25 bits per heavy atom. The van der Waals surface area contributed by atoms with E-state index in [9.17, 15) is 9.59 Å². The number of carbonyl (C=O) groups is 2. The van der Waals surface area contributed by atoms with Gasteiger partial charge in [0.2, 0.25) is 5.91 Å². The van der Waals surface area contributed by atoms with Crippen molar-refractivity contribution in [2.24, 2.45) is 0 Å². The molecule has 2 amide bonds. The number of hydrogen-bond donors (Lipinski definition) is 2. The van der Waals surface area contributed by atoms with Crippen LogP contribution in [0, 0.1) is 0 Å². The zero-order chi connectivity index (χ0) is 19.6. The predicted octanol–water partition coefficient (Wildman–Crippen LogP) is 4.36. The van der Waals surface area contributed by atoms with Crippen molar-refractivity contribution in [2.75, 3.05) is 6.54 Å². The molecule has 0 saturated carbocycles. The quantitative estimate of drug-likeness (QED) is 0.532. The lowest BCUT2D eigenvalue weighted by atomic mass is 10.1. The van der Waals surface area contributed by atoms with Crippen molar-refractivity contribution in [3.05, 3.63) is 94.2 Å². The first-order chi connectivity index (χ1) is 13.7. The number of amides is 2. The van der Waals surface area contributed by atoms with Gasteiger partial charge in [0.25, 0.3) is 5.91 Å². The monoisotopic (exact) mass is 392 g/mol. The standard InChI is InChI=1S/C23H24N2O2S/c26-22(20-15-9-17-28-20)25-21(19-13-5-2-6-14-19)23(27)24-16-8-7-12-18-10-3-1-4-11-18/h1-6,9-11,13-15,17,21H,7-8,12,16H2,(H,24,27)(H,25,26). The van der Waals surface area contributed by atoms with E-state index in [0.717, 1.165) is 24.8 Å². The molecule has 1 aromatic heterocycles. The highest BCUT2D eigenvalue weighted by atomic mass is 32.1. The van der Waals surface area contributed by atoms with E-state index in [1.54, 1.807) is 6.07 Å². The molecule has 2 aromatic carbocycles. The van der Waals surface area contributed by atoms with E-state index >= 15 is 0 Å². The van der Waals surface area contributed by atoms with Crippen LogP contribution in [0.15, 0.2) is 78.2 Å². The van der Waals surface area contributed by atoms with Gasteiger partial charge in [0.1, 0.15) is 6.04 Å². The van der Waals surface area contributed by atoms with E-state index in [0.29, 0.717) is 11.4 Å². The first kappa shape index (κ1) is 19.8. The van der Waals surface area contributed by atoms with E-state index in [2.05, 4.69) is 22.8 Å². The topological polar surface area (TPSA) is 58.2 Å². The maximum atomic E-state index is 12.8. The summed E-state index contributed by atoms with van der Waals surface area (Å²) in [6, 6.07) is 22.5. The molecule has 3 aromatic rings. The fourth-order valence-corrected chi connectivity index (χ4v) is 3.60. The van der Waals surface area contributed by atoms with Gasteiger partial charge in [-0.3, -0.25) is 9.59 Å². The first-order valence-corrected chi connectivity index (χ1v) is 10.3. The summed E-state index contributed by atoms with van der Waals surface area (Å²) in [5, 5.41) is 7.68. The van der Waals surface area contributed by atoms with Gasteiger partial charge in [-0.05, 0) is 41.8 Å². The molecule has 1 heterocycles. The molecule has 28 heavy (non-hydrogen) atoms. The van der Waals surface area contributed by atoms with Crippen LogP contribution in [-0.2, 0) is 11.2 Å². The maximum absolute atomic E-state index is 12.8. The number of aryl methyl sites for hydroxylation is 1. The van der Waals surface area contributed by atoms with Gasteiger partial charge in [0.15, 0.2) is 0 Å². The molecule has 0 fully saturated rings. The average Bonchev–Trinajstić information content (AvgIpc) is 3.28. The van der Waals surface area contributed by atoms with Crippen LogP contribution in [0.1, 0.15) is 39.7 Å². The number of unbranched alkanes of at least 4 members (excludes halogenated alkanes) is 1. The third-order valence-electron chi connectivity index (χ3n) is 4.45. The third-order valence-corrected chi connectivity index (χ3v) is 5.32. The molecule has 0 aliphatic carbocycles. The van der Waals surface area contributed by atoms with E-state index in [-0.39, 0.29) is 11.8 Å². The van der Waals surface area contributed by atoms with Gasteiger partial charge in [-0.1, -0.05) is 66.7 Å². The largest absolute Gasteiger partial charge is 0.354 e. The van der Waals surface area contributed by atoms with Crippen LogP contribution < -0.4 is 10.6 Å². The Morgan fingerprint density at radius 2 is 1.57 bits per heavy atom. The van der Waals surface area contributed by atoms with Crippen LogP contribution in [0.25, 0.3) is 0 Å². The summed E-state index contributed by atoms with van der Waals surface area (Å²) in [6.45, 7) is 0.587. The second-order valence-electron chi connectivity index (χ2n) is 6.53. The molecule has 0 aliphatic rings. The zero-order valence-corrected chi connectivity index (χ0v) is 16.5. The number of carbonyl (C=O) groups excluding carboxylic acids is 2. The summed E-state index contributed by atoms with van der Waals surface area (Å²) >= 11 is 1.36. The Balaban J connectivity index is 1.53. The van der Waals surface area contributed by atoms with Gasteiger partial charge in [-0.2, -0.15) is 0 Å². The van der Waals surface area contributed by atoms with Crippen LogP contribution in [-0.4, -0.2) is 18.4 Å². The fourth-order valence-electron chi connectivity index (χ4n) is 2.97. The van der Waals surface area contributed by atoms with Gasteiger partial charge in [-0.15, -0.1) is 11.3 Å². The third kappa shape index (κ3) is 5.79. The Labute approximate surface area is 169 Å². The molecule has 0 spiro atoms. The lowest BCUT2D eigenvalue weighted by molar-refractivity contribution is -0.123. The summed E-state index contributed by atoms with van der Waals surface area (Å²) in [6.07, 6.45) is 2.89. The number of rotatable bonds is 9. The molecule has 2 N–H and O–H groups in total. The second kappa shape index (κ2) is 10.4. The maximum Gasteiger partial charge on any atom is 0.262 e.